The predicted molar refractivity (Wildman–Crippen MR) is 143 cm³/mol. The number of rotatable bonds is 8. The SMILES string of the molecule is C[C@H]1[C@H](C)CCC[C@H]1NC(=O)[C@H](C)Sc1ncccc1C(=O)O[C@H](C)C(=O)N[C@@H]1CCC[C@@H](C)[C@@H]1C. The summed E-state index contributed by atoms with van der Waals surface area (Å²) in [6.07, 6.45) is 7.20. The fraction of sp³-hybridized carbons (Fsp3) is 0.714. The number of carbonyl (C=O) groups excluding carboxylic acids is 3. The van der Waals surface area contributed by atoms with Crippen molar-refractivity contribution in [2.75, 3.05) is 0 Å². The summed E-state index contributed by atoms with van der Waals surface area (Å²) in [6, 6.07) is 3.56. The van der Waals surface area contributed by atoms with E-state index in [-0.39, 0.29) is 29.5 Å². The zero-order chi connectivity index (χ0) is 26.4. The maximum absolute atomic E-state index is 13.0. The molecule has 2 fully saturated rings. The molecule has 0 bridgehead atoms. The van der Waals surface area contributed by atoms with Gasteiger partial charge >= 0.3 is 5.97 Å². The third kappa shape index (κ3) is 7.24. The number of hydrogen-bond donors (Lipinski definition) is 2. The number of nitrogens with one attached hydrogen (secondary N) is 2. The minimum absolute atomic E-state index is 0.0560. The van der Waals surface area contributed by atoms with E-state index < -0.39 is 17.3 Å². The zero-order valence-corrected chi connectivity index (χ0v) is 23.4. The molecule has 1 heterocycles. The van der Waals surface area contributed by atoms with E-state index in [1.54, 1.807) is 25.3 Å². The Morgan fingerprint density at radius 3 is 2.06 bits per heavy atom. The summed E-state index contributed by atoms with van der Waals surface area (Å²) < 4.78 is 5.53. The predicted octanol–water partition coefficient (Wildman–Crippen LogP) is 4.99. The second kappa shape index (κ2) is 12.9. The van der Waals surface area contributed by atoms with Gasteiger partial charge in [-0.15, -0.1) is 0 Å². The van der Waals surface area contributed by atoms with Crippen molar-refractivity contribution in [1.29, 1.82) is 0 Å². The molecule has 2 aliphatic rings. The molecule has 0 aliphatic heterocycles. The van der Waals surface area contributed by atoms with Gasteiger partial charge in [-0.3, -0.25) is 9.59 Å². The molecule has 200 valence electrons. The van der Waals surface area contributed by atoms with Crippen molar-refractivity contribution >= 4 is 29.5 Å². The number of aromatic nitrogens is 1. The van der Waals surface area contributed by atoms with E-state index in [2.05, 4.69) is 43.3 Å². The molecule has 7 nitrogen and oxygen atoms in total. The number of pyridine rings is 1. The summed E-state index contributed by atoms with van der Waals surface area (Å²) in [4.78, 5) is 43.0. The van der Waals surface area contributed by atoms with E-state index in [9.17, 15) is 14.4 Å². The molecule has 0 saturated heterocycles. The summed E-state index contributed by atoms with van der Waals surface area (Å²) in [5.41, 5.74) is 0.265. The fourth-order valence-electron chi connectivity index (χ4n) is 5.31. The number of carbonyl (C=O) groups is 3. The van der Waals surface area contributed by atoms with Crippen molar-refractivity contribution in [3.8, 4) is 0 Å². The first-order valence-corrected chi connectivity index (χ1v) is 14.4. The standard InChI is InChI=1S/C28H43N3O4S/c1-16-10-7-13-23(18(16)3)30-25(32)20(5)35-28(34)22-12-9-15-29-27(22)36-21(6)26(33)31-24-14-8-11-17(2)19(24)4/h9,12,15-21,23-24H,7-8,10-11,13-14H2,1-6H3,(H,30,32)(H,31,33)/t16-,17-,18+,19+,20-,21+,23-,24-/m1/s1. The second-order valence-corrected chi connectivity index (χ2v) is 12.3. The zero-order valence-electron chi connectivity index (χ0n) is 22.6. The lowest BCUT2D eigenvalue weighted by Gasteiger charge is -2.35. The van der Waals surface area contributed by atoms with Crippen LogP contribution in [0.15, 0.2) is 23.4 Å². The van der Waals surface area contributed by atoms with Crippen LogP contribution >= 0.6 is 11.8 Å². The summed E-state index contributed by atoms with van der Waals surface area (Å²) in [6.45, 7) is 12.2. The lowest BCUT2D eigenvalue weighted by molar-refractivity contribution is -0.130. The van der Waals surface area contributed by atoms with Crippen LogP contribution < -0.4 is 10.6 Å². The maximum Gasteiger partial charge on any atom is 0.341 e. The van der Waals surface area contributed by atoms with Crippen molar-refractivity contribution < 1.29 is 19.1 Å². The lowest BCUT2D eigenvalue weighted by Crippen LogP contribution is -2.47. The Kier molecular flexibility index (Phi) is 10.2. The van der Waals surface area contributed by atoms with Gasteiger partial charge in [0.2, 0.25) is 5.91 Å². The van der Waals surface area contributed by atoms with Crippen LogP contribution in [-0.2, 0) is 14.3 Å². The molecule has 2 saturated carbocycles. The Bertz CT molecular complexity index is 926. The topological polar surface area (TPSA) is 97.4 Å². The van der Waals surface area contributed by atoms with Crippen LogP contribution in [0.3, 0.4) is 0 Å². The molecular weight excluding hydrogens is 474 g/mol. The first kappa shape index (κ1) is 28.5. The van der Waals surface area contributed by atoms with E-state index in [0.29, 0.717) is 28.7 Å². The number of hydrogen-bond acceptors (Lipinski definition) is 6. The lowest BCUT2D eigenvalue weighted by atomic mass is 9.78. The van der Waals surface area contributed by atoms with Crippen molar-refractivity contribution in [2.24, 2.45) is 23.7 Å². The van der Waals surface area contributed by atoms with E-state index in [0.717, 1.165) is 25.7 Å². The summed E-state index contributed by atoms with van der Waals surface area (Å²) in [5, 5.41) is 6.28. The number of amides is 2. The second-order valence-electron chi connectivity index (χ2n) is 10.9. The van der Waals surface area contributed by atoms with Crippen molar-refractivity contribution in [3.05, 3.63) is 23.9 Å². The molecule has 2 aliphatic carbocycles. The highest BCUT2D eigenvalue weighted by atomic mass is 32.2. The molecule has 2 amide bonds. The largest absolute Gasteiger partial charge is 0.449 e. The first-order chi connectivity index (χ1) is 17.1. The molecule has 8 heteroatoms. The molecule has 36 heavy (non-hydrogen) atoms. The van der Waals surface area contributed by atoms with Crippen LogP contribution in [0.5, 0.6) is 0 Å². The molecule has 1 aromatic rings. The fourth-order valence-corrected chi connectivity index (χ4v) is 6.22. The minimum Gasteiger partial charge on any atom is -0.449 e. The Morgan fingerprint density at radius 2 is 1.47 bits per heavy atom. The van der Waals surface area contributed by atoms with Crippen LogP contribution in [-0.4, -0.2) is 46.2 Å². The van der Waals surface area contributed by atoms with E-state index >= 15 is 0 Å². The normalized spacial score (nSPS) is 30.1. The van der Waals surface area contributed by atoms with Gasteiger partial charge in [-0.2, -0.15) is 0 Å². The molecule has 2 N–H and O–H groups in total. The molecule has 1 aromatic heterocycles. The highest BCUT2D eigenvalue weighted by molar-refractivity contribution is 8.00. The summed E-state index contributed by atoms with van der Waals surface area (Å²) >= 11 is 1.24. The van der Waals surface area contributed by atoms with Crippen molar-refractivity contribution in [3.63, 3.8) is 0 Å². The monoisotopic (exact) mass is 517 g/mol. The van der Waals surface area contributed by atoms with E-state index in [1.807, 2.05) is 6.92 Å². The van der Waals surface area contributed by atoms with Gasteiger partial charge in [0.25, 0.3) is 5.91 Å². The van der Waals surface area contributed by atoms with Gasteiger partial charge in [0.1, 0.15) is 5.03 Å². The van der Waals surface area contributed by atoms with Crippen LogP contribution in [0.1, 0.15) is 90.4 Å². The Morgan fingerprint density at radius 1 is 0.917 bits per heavy atom. The third-order valence-electron chi connectivity index (χ3n) is 8.37. The molecular formula is C28H43N3O4S. The first-order valence-electron chi connectivity index (χ1n) is 13.5. The third-order valence-corrected chi connectivity index (χ3v) is 9.49. The highest BCUT2D eigenvalue weighted by Gasteiger charge is 2.32. The van der Waals surface area contributed by atoms with Crippen molar-refractivity contribution in [1.82, 2.24) is 15.6 Å². The molecule has 3 rings (SSSR count). The van der Waals surface area contributed by atoms with Gasteiger partial charge in [-0.25, -0.2) is 9.78 Å². The number of nitrogens with zero attached hydrogens (tertiary/aromatic N) is 1. The van der Waals surface area contributed by atoms with E-state index in [1.165, 1.54) is 24.6 Å². The summed E-state index contributed by atoms with van der Waals surface area (Å²) in [5.74, 6) is 1.03. The van der Waals surface area contributed by atoms with Crippen LogP contribution in [0.2, 0.25) is 0 Å². The van der Waals surface area contributed by atoms with E-state index in [4.69, 9.17) is 4.74 Å². The Balaban J connectivity index is 1.58. The minimum atomic E-state index is -0.921. The van der Waals surface area contributed by atoms with Gasteiger partial charge in [0, 0.05) is 18.3 Å². The average molecular weight is 518 g/mol. The van der Waals surface area contributed by atoms with Gasteiger partial charge in [-0.1, -0.05) is 65.1 Å². The smallest absolute Gasteiger partial charge is 0.341 e. The molecule has 8 atom stereocenters. The van der Waals surface area contributed by atoms with Gasteiger partial charge in [0.05, 0.1) is 10.8 Å². The number of ether oxygens (including phenoxy) is 1. The van der Waals surface area contributed by atoms with Gasteiger partial charge < -0.3 is 15.4 Å². The number of thioether (sulfide) groups is 1. The van der Waals surface area contributed by atoms with Gasteiger partial charge in [0.15, 0.2) is 6.10 Å². The molecule has 0 unspecified atom stereocenters. The van der Waals surface area contributed by atoms with Crippen LogP contribution in [0, 0.1) is 23.7 Å². The summed E-state index contributed by atoms with van der Waals surface area (Å²) in [7, 11) is 0. The van der Waals surface area contributed by atoms with Crippen LogP contribution in [0.4, 0.5) is 0 Å². The van der Waals surface area contributed by atoms with Crippen LogP contribution in [0.25, 0.3) is 0 Å². The Hall–Kier alpha value is -2.09. The molecule has 0 spiro atoms. The molecule has 0 aromatic carbocycles. The average Bonchev–Trinajstić information content (AvgIpc) is 2.85. The quantitative estimate of drug-likeness (QED) is 0.372. The maximum atomic E-state index is 13.0. The van der Waals surface area contributed by atoms with Gasteiger partial charge in [-0.05, 0) is 62.5 Å². The highest BCUT2D eigenvalue weighted by Crippen LogP contribution is 2.31. The molecule has 0 radical (unpaired) electrons. The Labute approximate surface area is 220 Å². The van der Waals surface area contributed by atoms with Crippen molar-refractivity contribution in [2.45, 2.75) is 109 Å². The number of esters is 1.